The van der Waals surface area contributed by atoms with Gasteiger partial charge in [-0.3, -0.25) is 14.4 Å². The SMILES string of the molecule is CONC(=O)CC1Sc2ccc(C(F)(F)F)cc2NC1=O. The van der Waals surface area contributed by atoms with Gasteiger partial charge >= 0.3 is 6.18 Å². The van der Waals surface area contributed by atoms with E-state index in [1.54, 1.807) is 0 Å². The monoisotopic (exact) mass is 320 g/mol. The van der Waals surface area contributed by atoms with Crippen molar-refractivity contribution in [1.82, 2.24) is 5.48 Å². The second-order valence-electron chi connectivity index (χ2n) is 4.24. The summed E-state index contributed by atoms with van der Waals surface area (Å²) >= 11 is 1.04. The van der Waals surface area contributed by atoms with Gasteiger partial charge in [-0.15, -0.1) is 11.8 Å². The second kappa shape index (κ2) is 5.94. The molecule has 9 heteroatoms. The van der Waals surface area contributed by atoms with Gasteiger partial charge in [0.2, 0.25) is 11.8 Å². The Labute approximate surface area is 122 Å². The van der Waals surface area contributed by atoms with Crippen LogP contribution in [0, 0.1) is 0 Å². The van der Waals surface area contributed by atoms with Crippen LogP contribution in [0.3, 0.4) is 0 Å². The summed E-state index contributed by atoms with van der Waals surface area (Å²) in [6.07, 6.45) is -4.61. The van der Waals surface area contributed by atoms with Crippen molar-refractivity contribution in [3.8, 4) is 0 Å². The van der Waals surface area contributed by atoms with E-state index in [4.69, 9.17) is 0 Å². The summed E-state index contributed by atoms with van der Waals surface area (Å²) < 4.78 is 37.8. The van der Waals surface area contributed by atoms with Crippen LogP contribution < -0.4 is 10.8 Å². The zero-order chi connectivity index (χ0) is 15.6. The minimum Gasteiger partial charge on any atom is -0.324 e. The quantitative estimate of drug-likeness (QED) is 0.838. The van der Waals surface area contributed by atoms with Crippen molar-refractivity contribution in [2.45, 2.75) is 22.7 Å². The molecule has 21 heavy (non-hydrogen) atoms. The molecule has 5 nitrogen and oxygen atoms in total. The molecule has 2 N–H and O–H groups in total. The molecule has 1 unspecified atom stereocenters. The fourth-order valence-electron chi connectivity index (χ4n) is 1.79. The lowest BCUT2D eigenvalue weighted by atomic mass is 10.1. The molecular formula is C12H11F3N2O3S. The normalized spacial score (nSPS) is 17.9. The number of halogens is 3. The summed E-state index contributed by atoms with van der Waals surface area (Å²) in [5.41, 5.74) is 1.35. The number of carbonyl (C=O) groups excluding carboxylic acids is 2. The van der Waals surface area contributed by atoms with E-state index in [0.717, 1.165) is 23.9 Å². The van der Waals surface area contributed by atoms with E-state index in [2.05, 4.69) is 15.6 Å². The van der Waals surface area contributed by atoms with Crippen molar-refractivity contribution in [3.63, 3.8) is 0 Å². The lowest BCUT2D eigenvalue weighted by Crippen LogP contribution is -2.34. The minimum absolute atomic E-state index is 0.100. The summed E-state index contributed by atoms with van der Waals surface area (Å²) in [7, 11) is 1.26. The third-order valence-corrected chi connectivity index (χ3v) is 3.99. The lowest BCUT2D eigenvalue weighted by molar-refractivity contribution is -0.137. The molecule has 1 aromatic carbocycles. The van der Waals surface area contributed by atoms with Gasteiger partial charge in [0.05, 0.1) is 23.6 Å². The molecule has 2 rings (SSSR count). The molecular weight excluding hydrogens is 309 g/mol. The van der Waals surface area contributed by atoms with Crippen molar-refractivity contribution in [2.75, 3.05) is 12.4 Å². The van der Waals surface area contributed by atoms with Crippen molar-refractivity contribution in [2.24, 2.45) is 0 Å². The molecule has 1 atom stereocenters. The molecule has 1 aliphatic rings. The van der Waals surface area contributed by atoms with Gasteiger partial charge in [-0.05, 0) is 18.2 Å². The Kier molecular flexibility index (Phi) is 4.43. The fraction of sp³-hybridized carbons (Fsp3) is 0.333. The summed E-state index contributed by atoms with van der Waals surface area (Å²) in [6, 6.07) is 3.10. The molecule has 0 aliphatic carbocycles. The number of hydrogen-bond acceptors (Lipinski definition) is 4. The van der Waals surface area contributed by atoms with Crippen LogP contribution in [0.5, 0.6) is 0 Å². The molecule has 2 amide bonds. The van der Waals surface area contributed by atoms with E-state index in [0.29, 0.717) is 4.90 Å². The number of benzene rings is 1. The van der Waals surface area contributed by atoms with Crippen molar-refractivity contribution >= 4 is 29.3 Å². The molecule has 0 fully saturated rings. The Morgan fingerprint density at radius 3 is 2.81 bits per heavy atom. The summed E-state index contributed by atoms with van der Waals surface area (Å²) in [5.74, 6) is -1.00. The highest BCUT2D eigenvalue weighted by Gasteiger charge is 2.34. The predicted molar refractivity (Wildman–Crippen MR) is 69.5 cm³/mol. The Bertz CT molecular complexity index is 577. The maximum atomic E-state index is 12.6. The average Bonchev–Trinajstić information content (AvgIpc) is 2.38. The van der Waals surface area contributed by atoms with E-state index < -0.39 is 28.8 Å². The van der Waals surface area contributed by atoms with E-state index in [1.165, 1.54) is 13.2 Å². The standard InChI is InChI=1S/C12H11F3N2O3S/c1-20-17-10(18)5-9-11(19)16-7-4-6(12(13,14)15)2-3-8(7)21-9/h2-4,9H,5H2,1H3,(H,16,19)(H,17,18). The van der Waals surface area contributed by atoms with Crippen LogP contribution in [-0.2, 0) is 20.6 Å². The number of hydroxylamine groups is 1. The third kappa shape index (κ3) is 3.67. The largest absolute Gasteiger partial charge is 0.416 e. The Morgan fingerprint density at radius 2 is 2.19 bits per heavy atom. The number of carbonyl (C=O) groups is 2. The molecule has 0 bridgehead atoms. The van der Waals surface area contributed by atoms with E-state index in [1.807, 2.05) is 0 Å². The minimum atomic E-state index is -4.47. The maximum absolute atomic E-state index is 12.6. The van der Waals surface area contributed by atoms with Crippen molar-refractivity contribution in [3.05, 3.63) is 23.8 Å². The van der Waals surface area contributed by atoms with Crippen molar-refractivity contribution in [1.29, 1.82) is 0 Å². The Balaban J connectivity index is 2.17. The van der Waals surface area contributed by atoms with Gasteiger partial charge in [0.1, 0.15) is 0 Å². The number of amides is 2. The van der Waals surface area contributed by atoms with Crippen LogP contribution in [0.4, 0.5) is 18.9 Å². The van der Waals surface area contributed by atoms with E-state index in [-0.39, 0.29) is 12.1 Å². The van der Waals surface area contributed by atoms with E-state index in [9.17, 15) is 22.8 Å². The fourth-order valence-corrected chi connectivity index (χ4v) is 2.88. The first kappa shape index (κ1) is 15.6. The maximum Gasteiger partial charge on any atom is 0.416 e. The van der Waals surface area contributed by atoms with Gasteiger partial charge in [-0.1, -0.05) is 0 Å². The van der Waals surface area contributed by atoms with Crippen LogP contribution in [0.1, 0.15) is 12.0 Å². The molecule has 1 heterocycles. The highest BCUT2D eigenvalue weighted by molar-refractivity contribution is 8.01. The first-order valence-electron chi connectivity index (χ1n) is 5.82. The average molecular weight is 320 g/mol. The number of rotatable bonds is 3. The summed E-state index contributed by atoms with van der Waals surface area (Å²) in [5, 5.41) is 1.67. The molecule has 1 aliphatic heterocycles. The third-order valence-electron chi connectivity index (χ3n) is 2.71. The summed E-state index contributed by atoms with van der Waals surface area (Å²) in [4.78, 5) is 28.1. The first-order valence-corrected chi connectivity index (χ1v) is 6.70. The number of hydrogen-bond donors (Lipinski definition) is 2. The van der Waals surface area contributed by atoms with Gasteiger partial charge in [-0.25, -0.2) is 5.48 Å². The van der Waals surface area contributed by atoms with Gasteiger partial charge in [-0.2, -0.15) is 13.2 Å². The number of fused-ring (bicyclic) bond motifs is 1. The van der Waals surface area contributed by atoms with Crippen LogP contribution >= 0.6 is 11.8 Å². The zero-order valence-corrected chi connectivity index (χ0v) is 11.6. The van der Waals surface area contributed by atoms with Gasteiger partial charge in [0, 0.05) is 11.3 Å². The zero-order valence-electron chi connectivity index (χ0n) is 10.8. The van der Waals surface area contributed by atoms with Crippen LogP contribution in [0.2, 0.25) is 0 Å². The highest BCUT2D eigenvalue weighted by atomic mass is 32.2. The van der Waals surface area contributed by atoms with Crippen LogP contribution in [0.25, 0.3) is 0 Å². The topological polar surface area (TPSA) is 67.4 Å². The molecule has 0 spiro atoms. The molecule has 1 aromatic rings. The molecule has 0 saturated carbocycles. The van der Waals surface area contributed by atoms with Gasteiger partial charge in [0.15, 0.2) is 0 Å². The summed E-state index contributed by atoms with van der Waals surface area (Å²) in [6.45, 7) is 0. The second-order valence-corrected chi connectivity index (χ2v) is 5.48. The van der Waals surface area contributed by atoms with Crippen LogP contribution in [-0.4, -0.2) is 24.2 Å². The van der Waals surface area contributed by atoms with Crippen LogP contribution in [0.15, 0.2) is 23.1 Å². The molecule has 0 aromatic heterocycles. The van der Waals surface area contributed by atoms with Crippen molar-refractivity contribution < 1.29 is 27.6 Å². The number of nitrogens with one attached hydrogen (secondary N) is 2. The Morgan fingerprint density at radius 1 is 1.48 bits per heavy atom. The number of thioether (sulfide) groups is 1. The molecule has 114 valence electrons. The lowest BCUT2D eigenvalue weighted by Gasteiger charge is -2.24. The first-order chi connectivity index (χ1) is 9.81. The Hall–Kier alpha value is -1.74. The molecule has 0 saturated heterocycles. The highest BCUT2D eigenvalue weighted by Crippen LogP contribution is 2.40. The smallest absolute Gasteiger partial charge is 0.324 e. The van der Waals surface area contributed by atoms with Gasteiger partial charge < -0.3 is 5.32 Å². The van der Waals surface area contributed by atoms with E-state index >= 15 is 0 Å². The molecule has 0 radical (unpaired) electrons. The number of anilines is 1. The predicted octanol–water partition coefficient (Wildman–Crippen LogP) is 2.19. The van der Waals surface area contributed by atoms with Gasteiger partial charge in [0.25, 0.3) is 0 Å². The number of alkyl halides is 3.